The van der Waals surface area contributed by atoms with Gasteiger partial charge in [-0.15, -0.1) is 11.6 Å². The van der Waals surface area contributed by atoms with Gasteiger partial charge in [0.1, 0.15) is 0 Å². The highest BCUT2D eigenvalue weighted by Crippen LogP contribution is 2.07. The van der Waals surface area contributed by atoms with Crippen molar-refractivity contribution in [1.82, 2.24) is 0 Å². The van der Waals surface area contributed by atoms with Gasteiger partial charge in [0.05, 0.1) is 5.88 Å². The van der Waals surface area contributed by atoms with Gasteiger partial charge in [-0.05, 0) is 12.0 Å². The van der Waals surface area contributed by atoms with Gasteiger partial charge in [-0.1, -0.05) is 37.6 Å². The van der Waals surface area contributed by atoms with Crippen LogP contribution in [0.3, 0.4) is 0 Å². The SMILES string of the molecule is CCCc1ccc(C(=O)CCl)cc1. The van der Waals surface area contributed by atoms with E-state index in [0.29, 0.717) is 5.56 Å². The Bertz CT molecular complexity index is 277. The van der Waals surface area contributed by atoms with Crippen molar-refractivity contribution in [3.05, 3.63) is 35.4 Å². The molecule has 1 aromatic carbocycles. The number of rotatable bonds is 4. The van der Waals surface area contributed by atoms with Crippen LogP contribution in [0, 0.1) is 0 Å². The first-order chi connectivity index (χ1) is 6.27. The van der Waals surface area contributed by atoms with Gasteiger partial charge in [0.2, 0.25) is 0 Å². The maximum Gasteiger partial charge on any atom is 0.177 e. The van der Waals surface area contributed by atoms with Crippen molar-refractivity contribution in [2.75, 3.05) is 5.88 Å². The third kappa shape index (κ3) is 2.85. The van der Waals surface area contributed by atoms with Gasteiger partial charge < -0.3 is 0 Å². The van der Waals surface area contributed by atoms with E-state index >= 15 is 0 Å². The van der Waals surface area contributed by atoms with Crippen LogP contribution in [0.4, 0.5) is 0 Å². The summed E-state index contributed by atoms with van der Waals surface area (Å²) >= 11 is 5.44. The number of alkyl halides is 1. The fourth-order valence-electron chi connectivity index (χ4n) is 1.22. The van der Waals surface area contributed by atoms with Crippen LogP contribution in [-0.4, -0.2) is 11.7 Å². The average molecular weight is 197 g/mol. The standard InChI is InChI=1S/C11H13ClO/c1-2-3-9-4-6-10(7-5-9)11(13)8-12/h4-7H,2-3,8H2,1H3. The molecule has 1 aromatic rings. The summed E-state index contributed by atoms with van der Waals surface area (Å²) in [5.74, 6) is 0.0531. The van der Waals surface area contributed by atoms with E-state index in [1.54, 1.807) is 0 Å². The first-order valence-corrected chi connectivity index (χ1v) is 4.99. The van der Waals surface area contributed by atoms with Crippen LogP contribution >= 0.6 is 11.6 Å². The summed E-state index contributed by atoms with van der Waals surface area (Å²) < 4.78 is 0. The van der Waals surface area contributed by atoms with E-state index < -0.39 is 0 Å². The number of hydrogen-bond donors (Lipinski definition) is 0. The molecule has 0 fully saturated rings. The molecular formula is C11H13ClO. The molecule has 0 aliphatic carbocycles. The van der Waals surface area contributed by atoms with Crippen LogP contribution < -0.4 is 0 Å². The number of carbonyl (C=O) groups is 1. The summed E-state index contributed by atoms with van der Waals surface area (Å²) in [5.41, 5.74) is 1.98. The van der Waals surface area contributed by atoms with Crippen LogP contribution in [0.1, 0.15) is 29.3 Å². The van der Waals surface area contributed by atoms with Crippen molar-refractivity contribution < 1.29 is 4.79 Å². The number of ketones is 1. The Morgan fingerprint density at radius 2 is 1.92 bits per heavy atom. The smallest absolute Gasteiger partial charge is 0.177 e. The molecule has 70 valence electrons. The molecule has 0 amide bonds. The maximum absolute atomic E-state index is 11.2. The Morgan fingerprint density at radius 1 is 1.31 bits per heavy atom. The van der Waals surface area contributed by atoms with Crippen molar-refractivity contribution in [3.63, 3.8) is 0 Å². The van der Waals surface area contributed by atoms with E-state index in [0.717, 1.165) is 12.8 Å². The summed E-state index contributed by atoms with van der Waals surface area (Å²) in [4.78, 5) is 11.2. The van der Waals surface area contributed by atoms with Gasteiger partial charge in [-0.25, -0.2) is 0 Å². The Morgan fingerprint density at radius 3 is 2.38 bits per heavy atom. The molecule has 1 nitrogen and oxygen atoms in total. The molecule has 0 aliphatic rings. The second-order valence-electron chi connectivity index (χ2n) is 3.00. The molecule has 0 bridgehead atoms. The third-order valence-corrected chi connectivity index (χ3v) is 2.18. The van der Waals surface area contributed by atoms with Crippen molar-refractivity contribution in [3.8, 4) is 0 Å². The summed E-state index contributed by atoms with van der Waals surface area (Å²) in [6.45, 7) is 2.14. The minimum absolute atomic E-state index is 0.00952. The van der Waals surface area contributed by atoms with Crippen molar-refractivity contribution in [2.45, 2.75) is 19.8 Å². The molecule has 0 spiro atoms. The lowest BCUT2D eigenvalue weighted by Gasteiger charge is -2.00. The molecule has 0 aromatic heterocycles. The molecule has 13 heavy (non-hydrogen) atoms. The lowest BCUT2D eigenvalue weighted by atomic mass is 10.1. The van der Waals surface area contributed by atoms with E-state index in [1.807, 2.05) is 24.3 Å². The summed E-state index contributed by atoms with van der Waals surface area (Å²) in [6.07, 6.45) is 2.19. The highest BCUT2D eigenvalue weighted by molar-refractivity contribution is 6.30. The number of hydrogen-bond acceptors (Lipinski definition) is 1. The fraction of sp³-hybridized carbons (Fsp3) is 0.364. The molecule has 0 radical (unpaired) electrons. The summed E-state index contributed by atoms with van der Waals surface area (Å²) in [6, 6.07) is 7.66. The maximum atomic E-state index is 11.2. The molecule has 0 saturated carbocycles. The molecule has 0 atom stereocenters. The van der Waals surface area contributed by atoms with Crippen molar-refractivity contribution >= 4 is 17.4 Å². The molecule has 0 aliphatic heterocycles. The molecular weight excluding hydrogens is 184 g/mol. The molecule has 0 saturated heterocycles. The molecule has 0 heterocycles. The van der Waals surface area contributed by atoms with Crippen LogP contribution in [0.5, 0.6) is 0 Å². The zero-order chi connectivity index (χ0) is 9.68. The molecule has 2 heteroatoms. The zero-order valence-electron chi connectivity index (χ0n) is 7.72. The first-order valence-electron chi connectivity index (χ1n) is 4.46. The lowest BCUT2D eigenvalue weighted by molar-refractivity contribution is 0.102. The van der Waals surface area contributed by atoms with E-state index in [-0.39, 0.29) is 11.7 Å². The second kappa shape index (κ2) is 5.03. The van der Waals surface area contributed by atoms with E-state index in [2.05, 4.69) is 6.92 Å². The lowest BCUT2D eigenvalue weighted by Crippen LogP contribution is -1.99. The average Bonchev–Trinajstić information content (AvgIpc) is 2.18. The number of halogens is 1. The van der Waals surface area contributed by atoms with Gasteiger partial charge in [0.25, 0.3) is 0 Å². The van der Waals surface area contributed by atoms with Crippen LogP contribution in [0.25, 0.3) is 0 Å². The Hall–Kier alpha value is -0.820. The van der Waals surface area contributed by atoms with Crippen LogP contribution in [0.15, 0.2) is 24.3 Å². The quantitative estimate of drug-likeness (QED) is 0.535. The van der Waals surface area contributed by atoms with Gasteiger partial charge in [0.15, 0.2) is 5.78 Å². The Kier molecular flexibility index (Phi) is 3.97. The van der Waals surface area contributed by atoms with Crippen LogP contribution in [0.2, 0.25) is 0 Å². The third-order valence-electron chi connectivity index (χ3n) is 1.94. The fourth-order valence-corrected chi connectivity index (χ4v) is 1.38. The van der Waals surface area contributed by atoms with Gasteiger partial charge in [0, 0.05) is 5.56 Å². The van der Waals surface area contributed by atoms with E-state index in [1.165, 1.54) is 5.56 Å². The number of aryl methyl sites for hydroxylation is 1. The van der Waals surface area contributed by atoms with E-state index in [4.69, 9.17) is 11.6 Å². The molecule has 0 N–H and O–H groups in total. The Balaban J connectivity index is 2.75. The first kappa shape index (κ1) is 10.3. The van der Waals surface area contributed by atoms with Gasteiger partial charge in [-0.3, -0.25) is 4.79 Å². The largest absolute Gasteiger partial charge is 0.293 e. The van der Waals surface area contributed by atoms with E-state index in [9.17, 15) is 4.79 Å². The van der Waals surface area contributed by atoms with Crippen LogP contribution in [-0.2, 0) is 6.42 Å². The highest BCUT2D eigenvalue weighted by atomic mass is 35.5. The highest BCUT2D eigenvalue weighted by Gasteiger charge is 2.02. The normalized spacial score (nSPS) is 10.0. The topological polar surface area (TPSA) is 17.1 Å². The van der Waals surface area contributed by atoms with Gasteiger partial charge >= 0.3 is 0 Å². The molecule has 0 unspecified atom stereocenters. The van der Waals surface area contributed by atoms with Gasteiger partial charge in [-0.2, -0.15) is 0 Å². The number of carbonyl (C=O) groups excluding carboxylic acids is 1. The second-order valence-corrected chi connectivity index (χ2v) is 3.27. The monoisotopic (exact) mass is 196 g/mol. The summed E-state index contributed by atoms with van der Waals surface area (Å²) in [5, 5.41) is 0. The summed E-state index contributed by atoms with van der Waals surface area (Å²) in [7, 11) is 0. The minimum atomic E-state index is -0.00952. The minimum Gasteiger partial charge on any atom is -0.293 e. The number of Topliss-reactive ketones (excluding diaryl/α,β-unsaturated/α-hetero) is 1. The Labute approximate surface area is 83.7 Å². The molecule has 1 rings (SSSR count). The number of benzene rings is 1. The predicted octanol–water partition coefficient (Wildman–Crippen LogP) is 3.06. The van der Waals surface area contributed by atoms with Crippen molar-refractivity contribution in [1.29, 1.82) is 0 Å². The predicted molar refractivity (Wildman–Crippen MR) is 55.5 cm³/mol. The zero-order valence-corrected chi connectivity index (χ0v) is 8.47. The van der Waals surface area contributed by atoms with Crippen molar-refractivity contribution in [2.24, 2.45) is 0 Å².